The van der Waals surface area contributed by atoms with E-state index in [1.54, 1.807) is 37.3 Å². The van der Waals surface area contributed by atoms with Gasteiger partial charge in [0.2, 0.25) is 5.91 Å². The van der Waals surface area contributed by atoms with Crippen molar-refractivity contribution < 1.29 is 9.53 Å². The van der Waals surface area contributed by atoms with Crippen molar-refractivity contribution >= 4 is 17.5 Å². The number of methoxy groups -OCH3 is 1. The van der Waals surface area contributed by atoms with E-state index in [0.29, 0.717) is 17.2 Å². The SMILES string of the molecule is COc1ccc(Cl)cc1C1C(N)CC(=O)N1C. The summed E-state index contributed by atoms with van der Waals surface area (Å²) in [7, 11) is 3.34. The molecule has 1 aliphatic rings. The zero-order valence-electron chi connectivity index (χ0n) is 9.81. The summed E-state index contributed by atoms with van der Waals surface area (Å²) < 4.78 is 5.29. The van der Waals surface area contributed by atoms with Gasteiger partial charge in [0, 0.05) is 30.1 Å². The Bertz CT molecular complexity index is 450. The highest BCUT2D eigenvalue weighted by molar-refractivity contribution is 6.30. The number of amides is 1. The van der Waals surface area contributed by atoms with Gasteiger partial charge in [0.1, 0.15) is 5.75 Å². The third-order valence-electron chi connectivity index (χ3n) is 3.14. The summed E-state index contributed by atoms with van der Waals surface area (Å²) in [5.41, 5.74) is 6.87. The van der Waals surface area contributed by atoms with Crippen molar-refractivity contribution in [2.24, 2.45) is 5.73 Å². The van der Waals surface area contributed by atoms with E-state index >= 15 is 0 Å². The van der Waals surface area contributed by atoms with Crippen molar-refractivity contribution in [2.45, 2.75) is 18.5 Å². The summed E-state index contributed by atoms with van der Waals surface area (Å²) in [5.74, 6) is 0.751. The van der Waals surface area contributed by atoms with E-state index in [1.807, 2.05) is 0 Å². The van der Waals surface area contributed by atoms with Crippen LogP contribution < -0.4 is 10.5 Å². The molecule has 1 aromatic carbocycles. The first-order valence-corrected chi connectivity index (χ1v) is 5.77. The first-order valence-electron chi connectivity index (χ1n) is 5.39. The largest absolute Gasteiger partial charge is 0.496 e. The van der Waals surface area contributed by atoms with Crippen LogP contribution in [0.2, 0.25) is 5.02 Å². The average molecular weight is 255 g/mol. The molecule has 2 N–H and O–H groups in total. The van der Waals surface area contributed by atoms with Crippen molar-refractivity contribution in [3.05, 3.63) is 28.8 Å². The number of likely N-dealkylation sites (N-methyl/N-ethyl adjacent to an activating group) is 1. The summed E-state index contributed by atoms with van der Waals surface area (Å²) in [6.07, 6.45) is 0.358. The van der Waals surface area contributed by atoms with E-state index in [1.165, 1.54) is 0 Å². The molecule has 0 radical (unpaired) electrons. The monoisotopic (exact) mass is 254 g/mol. The molecular weight excluding hydrogens is 240 g/mol. The van der Waals surface area contributed by atoms with Crippen LogP contribution in [0, 0.1) is 0 Å². The van der Waals surface area contributed by atoms with Crippen molar-refractivity contribution in [1.82, 2.24) is 4.90 Å². The number of carbonyl (C=O) groups is 1. The van der Waals surface area contributed by atoms with Gasteiger partial charge in [0.15, 0.2) is 0 Å². The molecule has 92 valence electrons. The second-order valence-electron chi connectivity index (χ2n) is 4.20. The Kier molecular flexibility index (Phi) is 3.26. The van der Waals surface area contributed by atoms with E-state index in [4.69, 9.17) is 22.1 Å². The molecule has 1 saturated heterocycles. The molecule has 0 aromatic heterocycles. The topological polar surface area (TPSA) is 55.6 Å². The van der Waals surface area contributed by atoms with Crippen LogP contribution in [0.25, 0.3) is 0 Å². The van der Waals surface area contributed by atoms with E-state index in [-0.39, 0.29) is 18.0 Å². The number of ether oxygens (including phenoxy) is 1. The highest BCUT2D eigenvalue weighted by Crippen LogP contribution is 2.37. The highest BCUT2D eigenvalue weighted by Gasteiger charge is 2.37. The Labute approximate surface area is 105 Å². The number of halogens is 1. The Morgan fingerprint density at radius 3 is 2.76 bits per heavy atom. The molecule has 1 amide bonds. The van der Waals surface area contributed by atoms with Crippen LogP contribution in [0.1, 0.15) is 18.0 Å². The molecule has 2 unspecified atom stereocenters. The number of carbonyl (C=O) groups excluding carboxylic acids is 1. The summed E-state index contributed by atoms with van der Waals surface area (Å²) in [6.45, 7) is 0. The quantitative estimate of drug-likeness (QED) is 0.872. The number of likely N-dealkylation sites (tertiary alicyclic amines) is 1. The number of hydrogen-bond donors (Lipinski definition) is 1. The van der Waals surface area contributed by atoms with Gasteiger partial charge in [-0.05, 0) is 18.2 Å². The summed E-state index contributed by atoms with van der Waals surface area (Å²) >= 11 is 5.98. The fraction of sp³-hybridized carbons (Fsp3) is 0.417. The summed E-state index contributed by atoms with van der Waals surface area (Å²) in [4.78, 5) is 13.3. The second kappa shape index (κ2) is 4.55. The van der Waals surface area contributed by atoms with Crippen LogP contribution in [0.5, 0.6) is 5.75 Å². The molecule has 1 aliphatic heterocycles. The van der Waals surface area contributed by atoms with Crippen LogP contribution in [0.3, 0.4) is 0 Å². The standard InChI is InChI=1S/C12H15ClN2O2/c1-15-11(16)6-9(14)12(15)8-5-7(13)3-4-10(8)17-2/h3-5,9,12H,6,14H2,1-2H3. The van der Waals surface area contributed by atoms with Gasteiger partial charge < -0.3 is 15.4 Å². The van der Waals surface area contributed by atoms with Crippen LogP contribution in [0.15, 0.2) is 18.2 Å². The van der Waals surface area contributed by atoms with Crippen LogP contribution >= 0.6 is 11.6 Å². The first kappa shape index (κ1) is 12.2. The fourth-order valence-electron chi connectivity index (χ4n) is 2.28. The molecule has 1 aromatic rings. The molecule has 5 heteroatoms. The molecule has 0 bridgehead atoms. The van der Waals surface area contributed by atoms with Crippen molar-refractivity contribution in [1.29, 1.82) is 0 Å². The number of hydrogen-bond acceptors (Lipinski definition) is 3. The number of benzene rings is 1. The maximum Gasteiger partial charge on any atom is 0.224 e. The second-order valence-corrected chi connectivity index (χ2v) is 4.64. The normalized spacial score (nSPS) is 24.2. The summed E-state index contributed by atoms with van der Waals surface area (Å²) in [5, 5.41) is 0.612. The van der Waals surface area contributed by atoms with E-state index in [9.17, 15) is 4.79 Å². The van der Waals surface area contributed by atoms with E-state index in [0.717, 1.165) is 5.56 Å². The lowest BCUT2D eigenvalue weighted by atomic mass is 10.00. The smallest absolute Gasteiger partial charge is 0.224 e. The van der Waals surface area contributed by atoms with Gasteiger partial charge in [0.05, 0.1) is 13.2 Å². The lowest BCUT2D eigenvalue weighted by Crippen LogP contribution is -2.30. The molecule has 0 saturated carbocycles. The van der Waals surface area contributed by atoms with Crippen LogP contribution in [-0.4, -0.2) is 31.0 Å². The molecule has 2 atom stereocenters. The number of nitrogens with two attached hydrogens (primary N) is 1. The molecule has 2 rings (SSSR count). The van der Waals surface area contributed by atoms with Gasteiger partial charge >= 0.3 is 0 Å². The predicted molar refractivity (Wildman–Crippen MR) is 66.1 cm³/mol. The maximum atomic E-state index is 11.6. The minimum atomic E-state index is -0.222. The molecule has 17 heavy (non-hydrogen) atoms. The number of nitrogens with zero attached hydrogens (tertiary/aromatic N) is 1. The molecule has 4 nitrogen and oxygen atoms in total. The van der Waals surface area contributed by atoms with Gasteiger partial charge in [-0.3, -0.25) is 4.79 Å². The Morgan fingerprint density at radius 1 is 1.53 bits per heavy atom. The molecule has 0 spiro atoms. The Morgan fingerprint density at radius 2 is 2.24 bits per heavy atom. The van der Waals surface area contributed by atoms with Crippen LogP contribution in [-0.2, 0) is 4.79 Å². The lowest BCUT2D eigenvalue weighted by Gasteiger charge is -2.25. The molecule has 0 aliphatic carbocycles. The van der Waals surface area contributed by atoms with E-state index in [2.05, 4.69) is 0 Å². The Hall–Kier alpha value is -1.26. The molecule has 1 fully saturated rings. The van der Waals surface area contributed by atoms with Gasteiger partial charge in [-0.15, -0.1) is 0 Å². The number of rotatable bonds is 2. The van der Waals surface area contributed by atoms with Gasteiger partial charge in [-0.1, -0.05) is 11.6 Å². The lowest BCUT2D eigenvalue weighted by molar-refractivity contribution is -0.127. The molecule has 1 heterocycles. The highest BCUT2D eigenvalue weighted by atomic mass is 35.5. The van der Waals surface area contributed by atoms with Crippen molar-refractivity contribution in [3.8, 4) is 5.75 Å². The van der Waals surface area contributed by atoms with Gasteiger partial charge in [-0.25, -0.2) is 0 Å². The third-order valence-corrected chi connectivity index (χ3v) is 3.37. The first-order chi connectivity index (χ1) is 8.04. The fourth-order valence-corrected chi connectivity index (χ4v) is 2.46. The van der Waals surface area contributed by atoms with Crippen LogP contribution in [0.4, 0.5) is 0 Å². The van der Waals surface area contributed by atoms with Crippen molar-refractivity contribution in [2.75, 3.05) is 14.2 Å². The van der Waals surface area contributed by atoms with Crippen molar-refractivity contribution in [3.63, 3.8) is 0 Å². The zero-order valence-corrected chi connectivity index (χ0v) is 10.6. The maximum absolute atomic E-state index is 11.6. The zero-order chi connectivity index (χ0) is 12.6. The average Bonchev–Trinajstić information content (AvgIpc) is 2.53. The minimum absolute atomic E-state index is 0.0459. The third kappa shape index (κ3) is 2.10. The predicted octanol–water partition coefficient (Wildman–Crippen LogP) is 1.58. The Balaban J connectivity index is 2.45. The molecular formula is C12H15ClN2O2. The minimum Gasteiger partial charge on any atom is -0.496 e. The summed E-state index contributed by atoms with van der Waals surface area (Å²) in [6, 6.07) is 4.96. The van der Waals surface area contributed by atoms with E-state index < -0.39 is 0 Å². The van der Waals surface area contributed by atoms with Gasteiger partial charge in [0.25, 0.3) is 0 Å². The van der Waals surface area contributed by atoms with Gasteiger partial charge in [-0.2, -0.15) is 0 Å².